The van der Waals surface area contributed by atoms with Gasteiger partial charge in [0.1, 0.15) is 6.54 Å². The maximum atomic E-state index is 11.8. The standard InChI is InChI=1S/C12H15N3O3S/c1-4-5-15(6-10(16)17)12(18)14-11-13-9(7-19-11)8(2)3/h1,7-8H,5-6H2,2-3H3,(H,16,17)(H,13,14,18). The first-order valence-electron chi connectivity index (χ1n) is 5.60. The summed E-state index contributed by atoms with van der Waals surface area (Å²) in [5.41, 5.74) is 0.877. The van der Waals surface area contributed by atoms with Crippen LogP contribution >= 0.6 is 11.3 Å². The molecular weight excluding hydrogens is 266 g/mol. The van der Waals surface area contributed by atoms with E-state index in [1.165, 1.54) is 11.3 Å². The molecule has 2 N–H and O–H groups in total. The van der Waals surface area contributed by atoms with Crippen LogP contribution in [0.1, 0.15) is 25.5 Å². The number of carboxylic acids is 1. The number of urea groups is 1. The molecule has 0 bridgehead atoms. The van der Waals surface area contributed by atoms with E-state index in [4.69, 9.17) is 11.5 Å². The van der Waals surface area contributed by atoms with Gasteiger partial charge in [-0.25, -0.2) is 9.78 Å². The molecule has 0 spiro atoms. The first-order valence-corrected chi connectivity index (χ1v) is 6.48. The van der Waals surface area contributed by atoms with Crippen LogP contribution in [0.25, 0.3) is 0 Å². The monoisotopic (exact) mass is 281 g/mol. The number of amides is 2. The highest BCUT2D eigenvalue weighted by molar-refractivity contribution is 7.13. The topological polar surface area (TPSA) is 82.5 Å². The van der Waals surface area contributed by atoms with Crippen molar-refractivity contribution >= 4 is 28.5 Å². The summed E-state index contributed by atoms with van der Waals surface area (Å²) < 4.78 is 0. The van der Waals surface area contributed by atoms with E-state index in [-0.39, 0.29) is 12.5 Å². The van der Waals surface area contributed by atoms with Gasteiger partial charge in [0.05, 0.1) is 12.2 Å². The molecule has 0 radical (unpaired) electrons. The molecule has 0 unspecified atom stereocenters. The Morgan fingerprint density at radius 3 is 2.79 bits per heavy atom. The Bertz CT molecular complexity index is 505. The van der Waals surface area contributed by atoms with Crippen LogP contribution in [0.5, 0.6) is 0 Å². The van der Waals surface area contributed by atoms with Crippen LogP contribution in [0.4, 0.5) is 9.93 Å². The van der Waals surface area contributed by atoms with Crippen LogP contribution in [0.2, 0.25) is 0 Å². The second-order valence-electron chi connectivity index (χ2n) is 4.12. The van der Waals surface area contributed by atoms with E-state index in [0.29, 0.717) is 5.13 Å². The zero-order chi connectivity index (χ0) is 14.4. The molecule has 0 atom stereocenters. The van der Waals surface area contributed by atoms with Gasteiger partial charge in [-0.15, -0.1) is 17.8 Å². The number of terminal acetylenes is 1. The number of carbonyl (C=O) groups excluding carboxylic acids is 1. The summed E-state index contributed by atoms with van der Waals surface area (Å²) in [6.45, 7) is 3.48. The van der Waals surface area contributed by atoms with Crippen molar-refractivity contribution < 1.29 is 14.7 Å². The maximum Gasteiger partial charge on any atom is 0.324 e. The van der Waals surface area contributed by atoms with Crippen LogP contribution in [0.15, 0.2) is 5.38 Å². The molecule has 0 saturated carbocycles. The molecule has 1 heterocycles. The van der Waals surface area contributed by atoms with E-state index in [0.717, 1.165) is 10.6 Å². The fraction of sp³-hybridized carbons (Fsp3) is 0.417. The third-order valence-corrected chi connectivity index (χ3v) is 3.00. The van der Waals surface area contributed by atoms with Gasteiger partial charge in [0.15, 0.2) is 5.13 Å². The van der Waals surface area contributed by atoms with Crippen molar-refractivity contribution in [3.8, 4) is 12.3 Å². The number of nitrogens with one attached hydrogen (secondary N) is 1. The third-order valence-electron chi connectivity index (χ3n) is 2.22. The van der Waals surface area contributed by atoms with E-state index in [1.807, 2.05) is 19.2 Å². The quantitative estimate of drug-likeness (QED) is 0.806. The van der Waals surface area contributed by atoms with Gasteiger partial charge in [-0.3, -0.25) is 10.1 Å². The Kier molecular flexibility index (Phi) is 5.33. The molecule has 0 fully saturated rings. The van der Waals surface area contributed by atoms with Gasteiger partial charge in [0.25, 0.3) is 0 Å². The number of hydrogen-bond acceptors (Lipinski definition) is 4. The fourth-order valence-electron chi connectivity index (χ4n) is 1.25. The maximum absolute atomic E-state index is 11.8. The molecular formula is C12H15N3O3S. The Labute approximate surface area is 115 Å². The molecule has 0 aliphatic rings. The number of nitrogens with zero attached hydrogens (tertiary/aromatic N) is 2. The van der Waals surface area contributed by atoms with Crippen molar-refractivity contribution in [2.75, 3.05) is 18.4 Å². The highest BCUT2D eigenvalue weighted by Crippen LogP contribution is 2.21. The molecule has 7 heteroatoms. The first kappa shape index (κ1) is 15.0. The normalized spacial score (nSPS) is 10.0. The summed E-state index contributed by atoms with van der Waals surface area (Å²) in [4.78, 5) is 27.7. The largest absolute Gasteiger partial charge is 0.480 e. The smallest absolute Gasteiger partial charge is 0.324 e. The second-order valence-corrected chi connectivity index (χ2v) is 4.97. The molecule has 6 nitrogen and oxygen atoms in total. The van der Waals surface area contributed by atoms with Gasteiger partial charge < -0.3 is 10.0 Å². The zero-order valence-electron chi connectivity index (χ0n) is 10.7. The summed E-state index contributed by atoms with van der Waals surface area (Å²) in [5.74, 6) is 1.40. The number of rotatable bonds is 5. The number of aliphatic carboxylic acids is 1. The molecule has 102 valence electrons. The van der Waals surface area contributed by atoms with E-state index in [2.05, 4.69) is 16.2 Å². The van der Waals surface area contributed by atoms with Gasteiger partial charge in [0.2, 0.25) is 0 Å². The van der Waals surface area contributed by atoms with Crippen molar-refractivity contribution in [3.63, 3.8) is 0 Å². The molecule has 0 aliphatic carbocycles. The predicted octanol–water partition coefficient (Wildman–Crippen LogP) is 1.82. The average molecular weight is 281 g/mol. The lowest BCUT2D eigenvalue weighted by Gasteiger charge is -2.17. The SMILES string of the molecule is C#CCN(CC(=O)O)C(=O)Nc1nc(C(C)C)cs1. The van der Waals surface area contributed by atoms with Crippen LogP contribution in [0, 0.1) is 12.3 Å². The third kappa shape index (κ3) is 4.60. The molecule has 1 aromatic rings. The Balaban J connectivity index is 2.70. The minimum atomic E-state index is -1.12. The number of carbonyl (C=O) groups is 2. The molecule has 0 saturated heterocycles. The number of hydrogen-bond donors (Lipinski definition) is 2. The van der Waals surface area contributed by atoms with Crippen LogP contribution in [-0.4, -0.2) is 40.1 Å². The van der Waals surface area contributed by atoms with Crippen molar-refractivity contribution in [1.29, 1.82) is 0 Å². The van der Waals surface area contributed by atoms with Crippen LogP contribution in [-0.2, 0) is 4.79 Å². The zero-order valence-corrected chi connectivity index (χ0v) is 11.5. The van der Waals surface area contributed by atoms with E-state index >= 15 is 0 Å². The number of aromatic nitrogens is 1. The molecule has 1 aromatic heterocycles. The van der Waals surface area contributed by atoms with Gasteiger partial charge >= 0.3 is 12.0 Å². The predicted molar refractivity (Wildman–Crippen MR) is 73.3 cm³/mol. The molecule has 0 aromatic carbocycles. The van der Waals surface area contributed by atoms with Crippen molar-refractivity contribution in [3.05, 3.63) is 11.1 Å². The van der Waals surface area contributed by atoms with Crippen LogP contribution in [0.3, 0.4) is 0 Å². The van der Waals surface area contributed by atoms with Gasteiger partial charge in [-0.1, -0.05) is 19.8 Å². The Hall–Kier alpha value is -2.07. The fourth-order valence-corrected chi connectivity index (χ4v) is 2.11. The minimum Gasteiger partial charge on any atom is -0.480 e. The summed E-state index contributed by atoms with van der Waals surface area (Å²) >= 11 is 1.29. The Morgan fingerprint density at radius 1 is 1.63 bits per heavy atom. The number of thiazole rings is 1. The lowest BCUT2D eigenvalue weighted by Crippen LogP contribution is -2.39. The van der Waals surface area contributed by atoms with Crippen molar-refractivity contribution in [2.45, 2.75) is 19.8 Å². The van der Waals surface area contributed by atoms with Gasteiger partial charge in [-0.2, -0.15) is 0 Å². The number of anilines is 1. The Morgan fingerprint density at radius 2 is 2.32 bits per heavy atom. The summed E-state index contributed by atoms with van der Waals surface area (Å²) in [7, 11) is 0. The lowest BCUT2D eigenvalue weighted by molar-refractivity contribution is -0.137. The highest BCUT2D eigenvalue weighted by atomic mass is 32.1. The number of carboxylic acid groups (broad SMARTS) is 1. The highest BCUT2D eigenvalue weighted by Gasteiger charge is 2.17. The van der Waals surface area contributed by atoms with Crippen molar-refractivity contribution in [2.24, 2.45) is 0 Å². The summed E-state index contributed by atoms with van der Waals surface area (Å²) in [6, 6.07) is -0.565. The van der Waals surface area contributed by atoms with E-state index in [9.17, 15) is 9.59 Å². The van der Waals surface area contributed by atoms with E-state index in [1.54, 1.807) is 0 Å². The average Bonchev–Trinajstić information content (AvgIpc) is 2.76. The summed E-state index contributed by atoms with van der Waals surface area (Å²) in [5, 5.41) is 13.5. The lowest BCUT2D eigenvalue weighted by atomic mass is 10.2. The van der Waals surface area contributed by atoms with Gasteiger partial charge in [-0.05, 0) is 5.92 Å². The molecule has 1 rings (SSSR count). The van der Waals surface area contributed by atoms with Gasteiger partial charge in [0, 0.05) is 5.38 Å². The minimum absolute atomic E-state index is 0.0689. The molecule has 2 amide bonds. The first-order chi connectivity index (χ1) is 8.93. The van der Waals surface area contributed by atoms with E-state index < -0.39 is 18.5 Å². The second kappa shape index (κ2) is 6.75. The molecule has 0 aliphatic heterocycles. The van der Waals surface area contributed by atoms with Crippen LogP contribution < -0.4 is 5.32 Å². The summed E-state index contributed by atoms with van der Waals surface area (Å²) in [6.07, 6.45) is 5.10. The molecule has 19 heavy (non-hydrogen) atoms. The van der Waals surface area contributed by atoms with Crippen molar-refractivity contribution in [1.82, 2.24) is 9.88 Å².